The predicted molar refractivity (Wildman–Crippen MR) is 243 cm³/mol. The lowest BCUT2D eigenvalue weighted by molar-refractivity contribution is -0.870. The summed E-state index contributed by atoms with van der Waals surface area (Å²) in [5.74, 6) is -0.319. The van der Waals surface area contributed by atoms with E-state index >= 15 is 0 Å². The minimum atomic E-state index is -4.28. The molecule has 0 aromatic rings. The van der Waals surface area contributed by atoms with Crippen LogP contribution in [0.3, 0.4) is 0 Å². The van der Waals surface area contributed by atoms with Crippen LogP contribution in [-0.2, 0) is 27.9 Å². The molecule has 0 heterocycles. The molecule has 8 nitrogen and oxygen atoms in total. The number of phosphoric acid groups is 1. The van der Waals surface area contributed by atoms with Gasteiger partial charge in [0.05, 0.1) is 34.4 Å². The zero-order valence-corrected chi connectivity index (χ0v) is 39.0. The first-order chi connectivity index (χ1) is 27.6. The lowest BCUT2D eigenvalue weighted by atomic mass is 10.1. The van der Waals surface area contributed by atoms with Gasteiger partial charge in [0, 0.05) is 13.0 Å². The van der Waals surface area contributed by atoms with Crippen molar-refractivity contribution in [1.82, 2.24) is 0 Å². The van der Waals surface area contributed by atoms with E-state index in [1.54, 1.807) is 0 Å². The monoisotopic (exact) mass is 827 g/mol. The molecule has 0 radical (unpaired) electrons. The fraction of sp³-hybridized carbons (Fsp3) is 0.854. The van der Waals surface area contributed by atoms with Crippen molar-refractivity contribution in [3.8, 4) is 0 Å². The van der Waals surface area contributed by atoms with Crippen molar-refractivity contribution in [3.63, 3.8) is 0 Å². The number of quaternary nitrogens is 1. The van der Waals surface area contributed by atoms with Crippen LogP contribution in [0, 0.1) is 0 Å². The van der Waals surface area contributed by atoms with Crippen LogP contribution in [0.25, 0.3) is 0 Å². The summed E-state index contributed by atoms with van der Waals surface area (Å²) in [6.45, 7) is 5.59. The quantitative estimate of drug-likeness (QED) is 0.0215. The van der Waals surface area contributed by atoms with Crippen LogP contribution in [0.5, 0.6) is 0 Å². The van der Waals surface area contributed by atoms with E-state index in [2.05, 4.69) is 50.3 Å². The van der Waals surface area contributed by atoms with Gasteiger partial charge in [-0.1, -0.05) is 166 Å². The van der Waals surface area contributed by atoms with Gasteiger partial charge < -0.3 is 18.9 Å². The first-order valence-electron chi connectivity index (χ1n) is 23.7. The largest absolute Gasteiger partial charge is 0.472 e. The molecule has 0 rings (SSSR count). The molecule has 1 N–H and O–H groups in total. The third-order valence-electron chi connectivity index (χ3n) is 10.2. The minimum absolute atomic E-state index is 0.0867. The van der Waals surface area contributed by atoms with Gasteiger partial charge in [-0.2, -0.15) is 0 Å². The summed E-state index contributed by atoms with van der Waals surface area (Å²) in [5, 5.41) is 0. The minimum Gasteiger partial charge on any atom is -0.457 e. The summed E-state index contributed by atoms with van der Waals surface area (Å²) >= 11 is 0. The van der Waals surface area contributed by atoms with Crippen molar-refractivity contribution in [1.29, 1.82) is 0 Å². The molecule has 0 spiro atoms. The van der Waals surface area contributed by atoms with Crippen LogP contribution >= 0.6 is 7.82 Å². The second-order valence-electron chi connectivity index (χ2n) is 17.1. The molecule has 0 saturated heterocycles. The number of rotatable bonds is 44. The summed E-state index contributed by atoms with van der Waals surface area (Å²) in [7, 11) is 1.66. The maximum absolute atomic E-state index is 12.7. The summed E-state index contributed by atoms with van der Waals surface area (Å²) in [5.41, 5.74) is 0. The van der Waals surface area contributed by atoms with E-state index in [4.69, 9.17) is 18.5 Å². The Balaban J connectivity index is 4.20. The molecule has 0 fully saturated rings. The van der Waals surface area contributed by atoms with Crippen molar-refractivity contribution < 1.29 is 37.3 Å². The molecular formula is C48H93NO7P+. The standard InChI is InChI=1S/C48H92NO7P/c1-6-8-10-12-14-16-18-20-22-24-25-26-27-29-31-33-35-37-39-41-48(50)56-47(46-55-57(51,52)54-44-42-49(3,4)5)45-53-43-40-38-36-34-32-30-28-23-21-19-17-15-13-11-9-7-2/h14,16,20-23,47H,6-13,15,17-19,24-46H2,1-5H3/p+1/b16-14-,22-20-,23-21-. The Labute approximate surface area is 353 Å². The van der Waals surface area contributed by atoms with Crippen LogP contribution in [0.4, 0.5) is 0 Å². The Morgan fingerprint density at radius 2 is 0.965 bits per heavy atom. The third-order valence-corrected chi connectivity index (χ3v) is 11.2. The lowest BCUT2D eigenvalue weighted by Crippen LogP contribution is -2.37. The Morgan fingerprint density at radius 1 is 0.544 bits per heavy atom. The molecule has 0 aliphatic heterocycles. The van der Waals surface area contributed by atoms with Crippen molar-refractivity contribution in [2.75, 3.05) is 54.1 Å². The second kappa shape index (κ2) is 41.5. The van der Waals surface area contributed by atoms with Gasteiger partial charge >= 0.3 is 13.8 Å². The molecule has 0 bridgehead atoms. The molecule has 2 atom stereocenters. The fourth-order valence-electron chi connectivity index (χ4n) is 6.46. The van der Waals surface area contributed by atoms with Crippen LogP contribution in [-0.4, -0.2) is 75.6 Å². The number of hydrogen-bond donors (Lipinski definition) is 1. The third kappa shape index (κ3) is 45.7. The number of phosphoric ester groups is 1. The molecule has 2 unspecified atom stereocenters. The van der Waals surface area contributed by atoms with Gasteiger partial charge in [0.2, 0.25) is 0 Å². The van der Waals surface area contributed by atoms with Gasteiger partial charge in [-0.3, -0.25) is 13.8 Å². The number of hydrogen-bond acceptors (Lipinski definition) is 6. The Morgan fingerprint density at radius 3 is 1.47 bits per heavy atom. The summed E-state index contributed by atoms with van der Waals surface area (Å²) < 4.78 is 35.1. The molecule has 9 heteroatoms. The molecule has 0 aromatic carbocycles. The molecular weight excluding hydrogens is 734 g/mol. The highest BCUT2D eigenvalue weighted by Crippen LogP contribution is 2.43. The van der Waals surface area contributed by atoms with E-state index in [9.17, 15) is 14.3 Å². The van der Waals surface area contributed by atoms with Gasteiger partial charge in [0.15, 0.2) is 0 Å². The number of esters is 1. The maximum atomic E-state index is 12.7. The van der Waals surface area contributed by atoms with Crippen LogP contribution in [0.15, 0.2) is 36.5 Å². The molecule has 0 amide bonds. The zero-order chi connectivity index (χ0) is 42.0. The fourth-order valence-corrected chi connectivity index (χ4v) is 7.20. The molecule has 0 aliphatic carbocycles. The van der Waals surface area contributed by atoms with Gasteiger partial charge in [-0.15, -0.1) is 0 Å². The predicted octanol–water partition coefficient (Wildman–Crippen LogP) is 14.2. The number of likely N-dealkylation sites (N-methyl/N-ethyl adjacent to an activating group) is 1. The van der Waals surface area contributed by atoms with Crippen molar-refractivity contribution in [3.05, 3.63) is 36.5 Å². The van der Waals surface area contributed by atoms with Crippen LogP contribution in [0.2, 0.25) is 0 Å². The lowest BCUT2D eigenvalue weighted by Gasteiger charge is -2.24. The van der Waals surface area contributed by atoms with Crippen LogP contribution in [0.1, 0.15) is 206 Å². The summed E-state index contributed by atoms with van der Waals surface area (Å²) in [6, 6.07) is 0. The highest BCUT2D eigenvalue weighted by Gasteiger charge is 2.26. The van der Waals surface area contributed by atoms with Crippen LogP contribution < -0.4 is 0 Å². The SMILES string of the molecule is CCCCC/C=C\C/C=C\CCCCCCCCCCCC(=O)OC(COCCCCCCCC/C=C\CCCCCCCC)COP(=O)(O)OCC[N+](C)(C)C. The van der Waals surface area contributed by atoms with Crippen molar-refractivity contribution >= 4 is 13.8 Å². The van der Waals surface area contributed by atoms with E-state index in [0.29, 0.717) is 24.1 Å². The average molecular weight is 827 g/mol. The Bertz CT molecular complexity index is 1010. The van der Waals surface area contributed by atoms with E-state index in [0.717, 1.165) is 38.5 Å². The average Bonchev–Trinajstić information content (AvgIpc) is 3.16. The van der Waals surface area contributed by atoms with E-state index in [1.807, 2.05) is 21.1 Å². The van der Waals surface area contributed by atoms with Gasteiger partial charge in [0.25, 0.3) is 0 Å². The van der Waals surface area contributed by atoms with E-state index in [-0.39, 0.29) is 25.8 Å². The Kier molecular flexibility index (Phi) is 40.5. The van der Waals surface area contributed by atoms with E-state index in [1.165, 1.54) is 148 Å². The number of nitrogens with zero attached hydrogens (tertiary/aromatic N) is 1. The van der Waals surface area contributed by atoms with Crippen molar-refractivity contribution in [2.45, 2.75) is 213 Å². The highest BCUT2D eigenvalue weighted by atomic mass is 31.2. The molecule has 57 heavy (non-hydrogen) atoms. The normalized spacial score (nSPS) is 14.0. The summed E-state index contributed by atoms with van der Waals surface area (Å²) in [4.78, 5) is 22.9. The van der Waals surface area contributed by atoms with Gasteiger partial charge in [-0.05, 0) is 70.6 Å². The van der Waals surface area contributed by atoms with E-state index < -0.39 is 13.9 Å². The topological polar surface area (TPSA) is 91.3 Å². The second-order valence-corrected chi connectivity index (χ2v) is 18.6. The molecule has 0 saturated carbocycles. The number of allylic oxidation sites excluding steroid dienone is 6. The Hall–Kier alpha value is -1.28. The number of ether oxygens (including phenoxy) is 2. The maximum Gasteiger partial charge on any atom is 0.472 e. The highest BCUT2D eigenvalue weighted by molar-refractivity contribution is 7.47. The number of carbonyl (C=O) groups excluding carboxylic acids is 1. The summed E-state index contributed by atoms with van der Waals surface area (Å²) in [6.07, 6.45) is 48.9. The first kappa shape index (κ1) is 55.7. The molecule has 0 aliphatic rings. The van der Waals surface area contributed by atoms with Gasteiger partial charge in [-0.25, -0.2) is 4.57 Å². The zero-order valence-electron chi connectivity index (χ0n) is 38.1. The number of unbranched alkanes of at least 4 members (excludes halogenated alkanes) is 24. The molecule has 0 aromatic heterocycles. The smallest absolute Gasteiger partial charge is 0.457 e. The first-order valence-corrected chi connectivity index (χ1v) is 25.2. The molecule has 336 valence electrons. The number of carbonyl (C=O) groups is 1. The van der Waals surface area contributed by atoms with Crippen molar-refractivity contribution in [2.24, 2.45) is 0 Å². The van der Waals surface area contributed by atoms with Gasteiger partial charge in [0.1, 0.15) is 19.3 Å².